The summed E-state index contributed by atoms with van der Waals surface area (Å²) in [4.78, 5) is 6.34. The van der Waals surface area contributed by atoms with Crippen LogP contribution in [0.25, 0.3) is 0 Å². The van der Waals surface area contributed by atoms with Gasteiger partial charge in [-0.25, -0.2) is 4.98 Å². The van der Waals surface area contributed by atoms with Crippen LogP contribution in [0.4, 0.5) is 5.82 Å². The summed E-state index contributed by atoms with van der Waals surface area (Å²) in [5, 5.41) is 0.647. The van der Waals surface area contributed by atoms with Gasteiger partial charge in [-0.05, 0) is 29.8 Å². The Bertz CT molecular complexity index is 513. The van der Waals surface area contributed by atoms with E-state index in [2.05, 4.69) is 16.0 Å². The quantitative estimate of drug-likeness (QED) is 0.845. The Balaban J connectivity index is 2.10. The molecule has 2 rings (SSSR count). The molecule has 2 aromatic rings. The molecule has 0 radical (unpaired) electrons. The van der Waals surface area contributed by atoms with E-state index in [4.69, 9.17) is 16.3 Å². The van der Waals surface area contributed by atoms with Gasteiger partial charge < -0.3 is 9.64 Å². The Kier molecular flexibility index (Phi) is 4.05. The van der Waals surface area contributed by atoms with Crippen molar-refractivity contribution in [3.63, 3.8) is 0 Å². The SMILES string of the molecule is COc1cccc(CN(C)c2ccc(Cl)cn2)c1. The lowest BCUT2D eigenvalue weighted by molar-refractivity contribution is 0.414. The number of methoxy groups -OCH3 is 1. The Morgan fingerprint density at radius 3 is 2.78 bits per heavy atom. The number of pyridine rings is 1. The highest BCUT2D eigenvalue weighted by molar-refractivity contribution is 6.30. The lowest BCUT2D eigenvalue weighted by Gasteiger charge is -2.18. The van der Waals surface area contributed by atoms with Crippen molar-refractivity contribution in [1.29, 1.82) is 0 Å². The van der Waals surface area contributed by atoms with Crippen LogP contribution in [0, 0.1) is 0 Å². The smallest absolute Gasteiger partial charge is 0.128 e. The van der Waals surface area contributed by atoms with Crippen LogP contribution in [0.15, 0.2) is 42.6 Å². The van der Waals surface area contributed by atoms with Crippen molar-refractivity contribution >= 4 is 17.4 Å². The van der Waals surface area contributed by atoms with E-state index in [1.807, 2.05) is 37.4 Å². The first-order chi connectivity index (χ1) is 8.69. The van der Waals surface area contributed by atoms with E-state index in [1.165, 1.54) is 5.56 Å². The topological polar surface area (TPSA) is 25.4 Å². The molecule has 0 aliphatic carbocycles. The average Bonchev–Trinajstić information content (AvgIpc) is 2.39. The van der Waals surface area contributed by atoms with Gasteiger partial charge in [0.1, 0.15) is 11.6 Å². The molecule has 3 nitrogen and oxygen atoms in total. The van der Waals surface area contributed by atoms with Crippen molar-refractivity contribution in [3.05, 3.63) is 53.2 Å². The highest BCUT2D eigenvalue weighted by Gasteiger charge is 2.04. The maximum atomic E-state index is 5.82. The molecular formula is C14H15ClN2O. The highest BCUT2D eigenvalue weighted by Crippen LogP contribution is 2.18. The van der Waals surface area contributed by atoms with Crippen molar-refractivity contribution in [3.8, 4) is 5.75 Å². The Labute approximate surface area is 112 Å². The van der Waals surface area contributed by atoms with Crippen molar-refractivity contribution < 1.29 is 4.74 Å². The fourth-order valence-electron chi connectivity index (χ4n) is 1.72. The van der Waals surface area contributed by atoms with Crippen molar-refractivity contribution in [2.24, 2.45) is 0 Å². The first-order valence-corrected chi connectivity index (χ1v) is 6.02. The maximum Gasteiger partial charge on any atom is 0.128 e. The summed E-state index contributed by atoms with van der Waals surface area (Å²) in [6, 6.07) is 11.7. The first-order valence-electron chi connectivity index (χ1n) is 5.64. The van der Waals surface area contributed by atoms with E-state index in [0.717, 1.165) is 18.1 Å². The zero-order valence-corrected chi connectivity index (χ0v) is 11.2. The van der Waals surface area contributed by atoms with E-state index in [0.29, 0.717) is 5.02 Å². The number of anilines is 1. The normalized spacial score (nSPS) is 10.2. The molecule has 1 heterocycles. The molecule has 0 amide bonds. The van der Waals surface area contributed by atoms with Gasteiger partial charge in [0.2, 0.25) is 0 Å². The Morgan fingerprint density at radius 2 is 2.11 bits per heavy atom. The largest absolute Gasteiger partial charge is 0.497 e. The molecule has 0 unspecified atom stereocenters. The number of hydrogen-bond donors (Lipinski definition) is 0. The van der Waals surface area contributed by atoms with E-state index in [1.54, 1.807) is 13.3 Å². The third-order valence-electron chi connectivity index (χ3n) is 2.66. The molecule has 0 fully saturated rings. The number of aromatic nitrogens is 1. The molecule has 0 aliphatic heterocycles. The van der Waals surface area contributed by atoms with Gasteiger partial charge in [0, 0.05) is 19.8 Å². The lowest BCUT2D eigenvalue weighted by Crippen LogP contribution is -2.17. The van der Waals surface area contributed by atoms with Crippen LogP contribution in [0.3, 0.4) is 0 Å². The van der Waals surface area contributed by atoms with Gasteiger partial charge >= 0.3 is 0 Å². The van der Waals surface area contributed by atoms with E-state index in [9.17, 15) is 0 Å². The molecule has 0 saturated carbocycles. The van der Waals surface area contributed by atoms with Crippen LogP contribution in [0.2, 0.25) is 5.02 Å². The third kappa shape index (κ3) is 3.14. The minimum absolute atomic E-state index is 0.647. The summed E-state index contributed by atoms with van der Waals surface area (Å²) in [6.07, 6.45) is 1.65. The van der Waals surface area contributed by atoms with Crippen LogP contribution in [-0.4, -0.2) is 19.1 Å². The maximum absolute atomic E-state index is 5.82. The fourth-order valence-corrected chi connectivity index (χ4v) is 1.83. The molecule has 0 atom stereocenters. The molecule has 0 spiro atoms. The third-order valence-corrected chi connectivity index (χ3v) is 2.88. The number of ether oxygens (including phenoxy) is 1. The number of halogens is 1. The summed E-state index contributed by atoms with van der Waals surface area (Å²) in [5.41, 5.74) is 1.17. The number of nitrogens with zero attached hydrogens (tertiary/aromatic N) is 2. The monoisotopic (exact) mass is 262 g/mol. The number of benzene rings is 1. The molecule has 0 N–H and O–H groups in total. The highest BCUT2D eigenvalue weighted by atomic mass is 35.5. The van der Waals surface area contributed by atoms with Crippen LogP contribution in [0.5, 0.6) is 5.75 Å². The summed E-state index contributed by atoms with van der Waals surface area (Å²) in [7, 11) is 3.67. The molecule has 0 saturated heterocycles. The molecule has 18 heavy (non-hydrogen) atoms. The molecule has 94 valence electrons. The zero-order valence-electron chi connectivity index (χ0n) is 10.4. The van der Waals surface area contributed by atoms with Crippen LogP contribution >= 0.6 is 11.6 Å². The number of rotatable bonds is 4. The zero-order chi connectivity index (χ0) is 13.0. The van der Waals surface area contributed by atoms with Crippen LogP contribution in [-0.2, 0) is 6.54 Å². The standard InChI is InChI=1S/C14H15ClN2O/c1-17(14-7-6-12(15)9-16-14)10-11-4-3-5-13(8-11)18-2/h3-9H,10H2,1-2H3. The summed E-state index contributed by atoms with van der Waals surface area (Å²) in [5.74, 6) is 1.76. The van der Waals surface area contributed by atoms with Gasteiger partial charge in [0.15, 0.2) is 0 Å². The van der Waals surface area contributed by atoms with Gasteiger partial charge in [-0.15, -0.1) is 0 Å². The molecule has 0 bridgehead atoms. The summed E-state index contributed by atoms with van der Waals surface area (Å²) < 4.78 is 5.21. The first kappa shape index (κ1) is 12.7. The molecule has 1 aromatic heterocycles. The van der Waals surface area contributed by atoms with Gasteiger partial charge in [0.25, 0.3) is 0 Å². The predicted molar refractivity (Wildman–Crippen MR) is 74.3 cm³/mol. The van der Waals surface area contributed by atoms with Gasteiger partial charge in [0.05, 0.1) is 12.1 Å². The summed E-state index contributed by atoms with van der Waals surface area (Å²) in [6.45, 7) is 0.770. The predicted octanol–water partition coefficient (Wildman–Crippen LogP) is 3.38. The van der Waals surface area contributed by atoms with E-state index < -0.39 is 0 Å². The average molecular weight is 263 g/mol. The van der Waals surface area contributed by atoms with Crippen LogP contribution < -0.4 is 9.64 Å². The van der Waals surface area contributed by atoms with Crippen molar-refractivity contribution in [1.82, 2.24) is 4.98 Å². The van der Waals surface area contributed by atoms with Gasteiger partial charge in [-0.2, -0.15) is 0 Å². The molecular weight excluding hydrogens is 248 g/mol. The molecule has 1 aromatic carbocycles. The second kappa shape index (κ2) is 5.74. The number of hydrogen-bond acceptors (Lipinski definition) is 3. The van der Waals surface area contributed by atoms with Crippen molar-refractivity contribution in [2.75, 3.05) is 19.1 Å². The molecule has 4 heteroatoms. The summed E-state index contributed by atoms with van der Waals surface area (Å²) >= 11 is 5.82. The minimum Gasteiger partial charge on any atom is -0.497 e. The van der Waals surface area contributed by atoms with Gasteiger partial charge in [-0.1, -0.05) is 23.7 Å². The second-order valence-electron chi connectivity index (χ2n) is 4.04. The van der Waals surface area contributed by atoms with E-state index >= 15 is 0 Å². The Hall–Kier alpha value is -1.74. The fraction of sp³-hybridized carbons (Fsp3) is 0.214. The minimum atomic E-state index is 0.647. The van der Waals surface area contributed by atoms with Crippen LogP contribution in [0.1, 0.15) is 5.56 Å². The van der Waals surface area contributed by atoms with Crippen molar-refractivity contribution in [2.45, 2.75) is 6.54 Å². The second-order valence-corrected chi connectivity index (χ2v) is 4.48. The molecule has 0 aliphatic rings. The lowest BCUT2D eigenvalue weighted by atomic mass is 10.2. The van der Waals surface area contributed by atoms with Gasteiger partial charge in [-0.3, -0.25) is 0 Å². The Morgan fingerprint density at radius 1 is 1.28 bits per heavy atom. The van der Waals surface area contributed by atoms with E-state index in [-0.39, 0.29) is 0 Å².